The van der Waals surface area contributed by atoms with E-state index < -0.39 is 5.91 Å². The minimum Gasteiger partial charge on any atom is -0.507 e. The molecule has 3 N–H and O–H groups in total. The highest BCUT2D eigenvalue weighted by molar-refractivity contribution is 5.95. The number of methoxy groups -OCH3 is 2. The number of amides is 1. The molecule has 210 valence electrons. The molecule has 0 aliphatic carbocycles. The number of imidazole rings is 1. The van der Waals surface area contributed by atoms with Gasteiger partial charge < -0.3 is 24.9 Å². The number of nitrogens with zero attached hydrogens (tertiary/aromatic N) is 3. The number of carbonyl (C=O) groups excluding carboxylic acids is 1. The summed E-state index contributed by atoms with van der Waals surface area (Å²) in [4.78, 5) is 19.1. The lowest BCUT2D eigenvalue weighted by Gasteiger charge is -2.24. The van der Waals surface area contributed by atoms with Gasteiger partial charge in [0.1, 0.15) is 17.3 Å². The maximum absolute atomic E-state index is 11.6. The number of hydrogen-bond donors (Lipinski definition) is 2. The molecule has 1 heterocycles. The van der Waals surface area contributed by atoms with E-state index in [0.717, 1.165) is 59.0 Å². The van der Waals surface area contributed by atoms with Crippen LogP contribution in [0.25, 0.3) is 22.6 Å². The number of unbranched alkanes of at least 4 members (excludes halogenated alkanes) is 1. The van der Waals surface area contributed by atoms with Crippen LogP contribution in [0.1, 0.15) is 41.4 Å². The molecular weight excluding hydrogens is 504 g/mol. The van der Waals surface area contributed by atoms with Gasteiger partial charge in [0.2, 0.25) is 0 Å². The van der Waals surface area contributed by atoms with E-state index in [1.54, 1.807) is 26.4 Å². The molecule has 8 nitrogen and oxygen atoms in total. The fraction of sp³-hybridized carbons (Fsp3) is 0.312. The van der Waals surface area contributed by atoms with Crippen LogP contribution in [0.4, 0.5) is 0 Å². The van der Waals surface area contributed by atoms with Crippen LogP contribution >= 0.6 is 0 Å². The van der Waals surface area contributed by atoms with Crippen molar-refractivity contribution in [2.45, 2.75) is 39.4 Å². The van der Waals surface area contributed by atoms with Gasteiger partial charge in [-0.2, -0.15) is 0 Å². The van der Waals surface area contributed by atoms with Gasteiger partial charge in [0.05, 0.1) is 30.7 Å². The minimum absolute atomic E-state index is 0.110. The fourth-order valence-corrected chi connectivity index (χ4v) is 4.78. The van der Waals surface area contributed by atoms with E-state index in [4.69, 9.17) is 20.2 Å². The third kappa shape index (κ3) is 6.89. The van der Waals surface area contributed by atoms with Crippen LogP contribution in [-0.4, -0.2) is 52.8 Å². The molecule has 3 aromatic carbocycles. The second-order valence-corrected chi connectivity index (χ2v) is 9.75. The lowest BCUT2D eigenvalue weighted by Crippen LogP contribution is -2.28. The first-order valence-corrected chi connectivity index (χ1v) is 13.6. The Labute approximate surface area is 236 Å². The maximum atomic E-state index is 11.6. The van der Waals surface area contributed by atoms with Crippen LogP contribution in [0.2, 0.25) is 0 Å². The Balaban J connectivity index is 1.79. The van der Waals surface area contributed by atoms with E-state index in [9.17, 15) is 9.90 Å². The van der Waals surface area contributed by atoms with Gasteiger partial charge in [-0.25, -0.2) is 4.98 Å². The maximum Gasteiger partial charge on any atom is 0.252 e. The molecule has 4 aromatic rings. The molecule has 40 heavy (non-hydrogen) atoms. The number of rotatable bonds is 14. The monoisotopic (exact) mass is 542 g/mol. The van der Waals surface area contributed by atoms with Crippen LogP contribution < -0.4 is 10.5 Å². The van der Waals surface area contributed by atoms with Crippen LogP contribution in [0.3, 0.4) is 0 Å². The second-order valence-electron chi connectivity index (χ2n) is 9.75. The molecule has 0 spiro atoms. The first-order chi connectivity index (χ1) is 19.4. The summed E-state index contributed by atoms with van der Waals surface area (Å²) < 4.78 is 13.2. The molecule has 4 rings (SSSR count). The van der Waals surface area contributed by atoms with Gasteiger partial charge in [-0.1, -0.05) is 49.7 Å². The third-order valence-electron chi connectivity index (χ3n) is 6.92. The first-order valence-electron chi connectivity index (χ1n) is 13.6. The largest absolute Gasteiger partial charge is 0.507 e. The summed E-state index contributed by atoms with van der Waals surface area (Å²) in [5.74, 6) is 0.956. The second kappa shape index (κ2) is 13.8. The summed E-state index contributed by atoms with van der Waals surface area (Å²) in [6, 6.07) is 23.3. The van der Waals surface area contributed by atoms with Gasteiger partial charge in [-0.15, -0.1) is 0 Å². The Morgan fingerprint density at radius 2 is 1.75 bits per heavy atom. The number of benzene rings is 3. The highest BCUT2D eigenvalue weighted by Gasteiger charge is 2.22. The molecule has 0 unspecified atom stereocenters. The molecule has 1 aromatic heterocycles. The van der Waals surface area contributed by atoms with Crippen molar-refractivity contribution in [2.24, 2.45) is 5.73 Å². The predicted octanol–water partition coefficient (Wildman–Crippen LogP) is 5.48. The quantitative estimate of drug-likeness (QED) is 0.219. The molecule has 8 heteroatoms. The Hall–Kier alpha value is -4.14. The zero-order chi connectivity index (χ0) is 28.5. The number of aromatic hydroxyl groups is 1. The molecule has 0 atom stereocenters. The summed E-state index contributed by atoms with van der Waals surface area (Å²) in [5, 5.41) is 10.4. The highest BCUT2D eigenvalue weighted by atomic mass is 16.5. The number of aromatic nitrogens is 2. The van der Waals surface area contributed by atoms with Gasteiger partial charge in [-0.05, 0) is 48.4 Å². The molecule has 0 aliphatic heterocycles. The Morgan fingerprint density at radius 3 is 2.38 bits per heavy atom. The lowest BCUT2D eigenvalue weighted by atomic mass is 10.1. The van der Waals surface area contributed by atoms with E-state index in [1.807, 2.05) is 48.5 Å². The average Bonchev–Trinajstić information content (AvgIpc) is 3.32. The number of hydrogen-bond acceptors (Lipinski definition) is 6. The van der Waals surface area contributed by atoms with Gasteiger partial charge in [-0.3, -0.25) is 9.69 Å². The van der Waals surface area contributed by atoms with Gasteiger partial charge in [0.25, 0.3) is 5.91 Å². The van der Waals surface area contributed by atoms with Crippen molar-refractivity contribution in [3.63, 3.8) is 0 Å². The molecule has 0 aliphatic rings. The van der Waals surface area contributed by atoms with E-state index in [2.05, 4.69) is 28.5 Å². The molecule has 0 saturated carbocycles. The molecule has 0 fully saturated rings. The Morgan fingerprint density at radius 1 is 1.00 bits per heavy atom. The molecule has 0 radical (unpaired) electrons. The van der Waals surface area contributed by atoms with Gasteiger partial charge >= 0.3 is 0 Å². The van der Waals surface area contributed by atoms with E-state index >= 15 is 0 Å². The van der Waals surface area contributed by atoms with Crippen LogP contribution in [0.15, 0.2) is 72.8 Å². The minimum atomic E-state index is -0.655. The molecule has 0 saturated heterocycles. The topological polar surface area (TPSA) is 103 Å². The number of carbonyl (C=O) groups is 1. The standard InChI is InChI=1S/C32H38N4O4/c1-4-5-17-36-28(22-35(18-19-39-2)21-23-11-16-27(31(33)38)29(37)20-23)30(24-12-14-26(40-3)15-13-24)34-32(36)25-9-7-6-8-10-25/h6-16,20,37H,4-5,17-19,21-22H2,1-3H3,(H2,33,38). The summed E-state index contributed by atoms with van der Waals surface area (Å²) in [6.07, 6.45) is 2.08. The zero-order valence-electron chi connectivity index (χ0n) is 23.5. The van der Waals surface area contributed by atoms with E-state index in [0.29, 0.717) is 26.2 Å². The number of phenols is 1. The molecular formula is C32H38N4O4. The average molecular weight is 543 g/mol. The molecule has 1 amide bonds. The van der Waals surface area contributed by atoms with Crippen LogP contribution in [0.5, 0.6) is 11.5 Å². The Bertz CT molecular complexity index is 1400. The Kier molecular flexibility index (Phi) is 9.94. The van der Waals surface area contributed by atoms with Crippen molar-refractivity contribution in [3.05, 3.63) is 89.6 Å². The fourth-order valence-electron chi connectivity index (χ4n) is 4.78. The molecule has 0 bridgehead atoms. The number of ether oxygens (including phenoxy) is 2. The van der Waals surface area contributed by atoms with Gasteiger partial charge in [0.15, 0.2) is 0 Å². The normalized spacial score (nSPS) is 11.2. The van der Waals surface area contributed by atoms with Crippen LogP contribution in [0, 0.1) is 0 Å². The van der Waals surface area contributed by atoms with E-state index in [1.165, 1.54) is 0 Å². The summed E-state index contributed by atoms with van der Waals surface area (Å²) in [7, 11) is 3.35. The van der Waals surface area contributed by atoms with Gasteiger partial charge in [0, 0.05) is 44.4 Å². The third-order valence-corrected chi connectivity index (χ3v) is 6.92. The SMILES string of the molecule is CCCCn1c(-c2ccccc2)nc(-c2ccc(OC)cc2)c1CN(CCOC)Cc1ccc(C(N)=O)c(O)c1. The number of primary amides is 1. The van der Waals surface area contributed by atoms with Crippen molar-refractivity contribution in [1.82, 2.24) is 14.5 Å². The smallest absolute Gasteiger partial charge is 0.252 e. The number of nitrogens with two attached hydrogens (primary N) is 1. The van der Waals surface area contributed by atoms with E-state index in [-0.39, 0.29) is 11.3 Å². The zero-order valence-corrected chi connectivity index (χ0v) is 23.5. The van der Waals surface area contributed by atoms with Crippen molar-refractivity contribution >= 4 is 5.91 Å². The first kappa shape index (κ1) is 28.9. The summed E-state index contributed by atoms with van der Waals surface area (Å²) in [5.41, 5.74) is 10.5. The van der Waals surface area contributed by atoms with Crippen molar-refractivity contribution in [3.8, 4) is 34.1 Å². The highest BCUT2D eigenvalue weighted by Crippen LogP contribution is 2.32. The van der Waals surface area contributed by atoms with Crippen molar-refractivity contribution in [2.75, 3.05) is 27.4 Å². The van der Waals surface area contributed by atoms with Crippen molar-refractivity contribution in [1.29, 1.82) is 0 Å². The summed E-state index contributed by atoms with van der Waals surface area (Å²) >= 11 is 0. The predicted molar refractivity (Wildman–Crippen MR) is 157 cm³/mol. The lowest BCUT2D eigenvalue weighted by molar-refractivity contribution is 0.0997. The van der Waals surface area contributed by atoms with Crippen LogP contribution in [-0.2, 0) is 24.4 Å². The summed E-state index contributed by atoms with van der Waals surface area (Å²) in [6.45, 7) is 5.38. The van der Waals surface area contributed by atoms with Crippen molar-refractivity contribution < 1.29 is 19.4 Å².